The molecule has 0 aromatic rings. The standard InChI is InChI=1S/C10H23NO/c1-5-7-9(3)10(4,11)8-12-6-2/h9H,5-8,11H2,1-4H3. The third-order valence-corrected chi connectivity index (χ3v) is 2.46. The van der Waals surface area contributed by atoms with Gasteiger partial charge in [-0.2, -0.15) is 0 Å². The van der Waals surface area contributed by atoms with Crippen molar-refractivity contribution in [2.24, 2.45) is 11.7 Å². The first-order valence-electron chi connectivity index (χ1n) is 4.91. The summed E-state index contributed by atoms with van der Waals surface area (Å²) < 4.78 is 5.34. The van der Waals surface area contributed by atoms with Crippen molar-refractivity contribution in [3.05, 3.63) is 0 Å². The van der Waals surface area contributed by atoms with Gasteiger partial charge in [-0.15, -0.1) is 0 Å². The van der Waals surface area contributed by atoms with Crippen molar-refractivity contribution in [3.63, 3.8) is 0 Å². The van der Waals surface area contributed by atoms with Crippen molar-refractivity contribution in [1.82, 2.24) is 0 Å². The molecule has 0 radical (unpaired) electrons. The molecule has 74 valence electrons. The summed E-state index contributed by atoms with van der Waals surface area (Å²) in [5.74, 6) is 0.536. The van der Waals surface area contributed by atoms with Gasteiger partial charge in [0, 0.05) is 12.1 Å². The number of hydrogen-bond donors (Lipinski definition) is 1. The lowest BCUT2D eigenvalue weighted by atomic mass is 9.85. The lowest BCUT2D eigenvalue weighted by Crippen LogP contribution is -2.47. The largest absolute Gasteiger partial charge is 0.380 e. The Bertz CT molecular complexity index is 112. The van der Waals surface area contributed by atoms with Crippen LogP contribution in [-0.2, 0) is 4.74 Å². The van der Waals surface area contributed by atoms with Gasteiger partial charge in [0.2, 0.25) is 0 Å². The van der Waals surface area contributed by atoms with E-state index in [4.69, 9.17) is 10.5 Å². The third-order valence-electron chi connectivity index (χ3n) is 2.46. The number of nitrogens with two attached hydrogens (primary N) is 1. The van der Waals surface area contributed by atoms with Gasteiger partial charge in [0.05, 0.1) is 6.61 Å². The summed E-state index contributed by atoms with van der Waals surface area (Å²) >= 11 is 0. The van der Waals surface area contributed by atoms with Gasteiger partial charge in [-0.3, -0.25) is 0 Å². The van der Waals surface area contributed by atoms with Crippen LogP contribution in [0.1, 0.15) is 40.5 Å². The SMILES string of the molecule is CCCC(C)C(C)(N)COCC. The minimum atomic E-state index is -0.161. The van der Waals surface area contributed by atoms with Gasteiger partial charge in [-0.05, 0) is 26.2 Å². The van der Waals surface area contributed by atoms with Crippen molar-refractivity contribution in [2.45, 2.75) is 46.1 Å². The van der Waals surface area contributed by atoms with Crippen molar-refractivity contribution in [1.29, 1.82) is 0 Å². The Balaban J connectivity index is 3.81. The summed E-state index contributed by atoms with van der Waals surface area (Å²) in [6.07, 6.45) is 2.38. The van der Waals surface area contributed by atoms with Gasteiger partial charge in [0.1, 0.15) is 0 Å². The Morgan fingerprint density at radius 1 is 1.42 bits per heavy atom. The van der Waals surface area contributed by atoms with E-state index in [1.807, 2.05) is 6.92 Å². The predicted molar refractivity (Wildman–Crippen MR) is 53.2 cm³/mol. The van der Waals surface area contributed by atoms with Crippen LogP contribution in [0.5, 0.6) is 0 Å². The van der Waals surface area contributed by atoms with Crippen LogP contribution in [0.25, 0.3) is 0 Å². The van der Waals surface area contributed by atoms with Crippen LogP contribution in [0.3, 0.4) is 0 Å². The highest BCUT2D eigenvalue weighted by Gasteiger charge is 2.25. The van der Waals surface area contributed by atoms with Crippen molar-refractivity contribution in [3.8, 4) is 0 Å². The first kappa shape index (κ1) is 11.9. The Hall–Kier alpha value is -0.0800. The monoisotopic (exact) mass is 173 g/mol. The van der Waals surface area contributed by atoms with Gasteiger partial charge in [-0.1, -0.05) is 20.3 Å². The highest BCUT2D eigenvalue weighted by atomic mass is 16.5. The van der Waals surface area contributed by atoms with Gasteiger partial charge in [0.15, 0.2) is 0 Å². The van der Waals surface area contributed by atoms with Gasteiger partial charge < -0.3 is 10.5 Å². The minimum absolute atomic E-state index is 0.161. The molecule has 0 amide bonds. The summed E-state index contributed by atoms with van der Waals surface area (Å²) in [6.45, 7) is 9.88. The second-order valence-electron chi connectivity index (χ2n) is 3.83. The molecule has 12 heavy (non-hydrogen) atoms. The fourth-order valence-electron chi connectivity index (χ4n) is 1.23. The molecular formula is C10H23NO. The van der Waals surface area contributed by atoms with E-state index in [2.05, 4.69) is 20.8 Å². The van der Waals surface area contributed by atoms with Crippen LogP contribution in [0, 0.1) is 5.92 Å². The molecule has 0 aliphatic rings. The molecule has 2 atom stereocenters. The Labute approximate surface area is 76.5 Å². The van der Waals surface area contributed by atoms with E-state index in [0.29, 0.717) is 12.5 Å². The molecule has 0 aliphatic carbocycles. The molecule has 0 aromatic heterocycles. The zero-order valence-corrected chi connectivity index (χ0v) is 8.89. The van der Waals surface area contributed by atoms with Gasteiger partial charge in [-0.25, -0.2) is 0 Å². The smallest absolute Gasteiger partial charge is 0.0645 e. The van der Waals surface area contributed by atoms with Crippen molar-refractivity contribution in [2.75, 3.05) is 13.2 Å². The van der Waals surface area contributed by atoms with E-state index in [-0.39, 0.29) is 5.54 Å². The second-order valence-corrected chi connectivity index (χ2v) is 3.83. The van der Waals surface area contributed by atoms with E-state index in [1.165, 1.54) is 12.8 Å². The fraction of sp³-hybridized carbons (Fsp3) is 1.00. The molecular weight excluding hydrogens is 150 g/mol. The maximum atomic E-state index is 6.11. The normalized spacial score (nSPS) is 18.8. The average Bonchev–Trinajstić information content (AvgIpc) is 2.01. The molecule has 0 spiro atoms. The topological polar surface area (TPSA) is 35.2 Å². The second kappa shape index (κ2) is 5.55. The van der Waals surface area contributed by atoms with Crippen LogP contribution in [0.2, 0.25) is 0 Å². The van der Waals surface area contributed by atoms with Crippen molar-refractivity contribution >= 4 is 0 Å². The minimum Gasteiger partial charge on any atom is -0.380 e. The lowest BCUT2D eigenvalue weighted by Gasteiger charge is -2.31. The van der Waals surface area contributed by atoms with Gasteiger partial charge in [0.25, 0.3) is 0 Å². The summed E-state index contributed by atoms with van der Waals surface area (Å²) in [6, 6.07) is 0. The van der Waals surface area contributed by atoms with Crippen LogP contribution in [-0.4, -0.2) is 18.8 Å². The van der Waals surface area contributed by atoms with Gasteiger partial charge >= 0.3 is 0 Å². The van der Waals surface area contributed by atoms with E-state index < -0.39 is 0 Å². The first-order valence-corrected chi connectivity index (χ1v) is 4.91. The zero-order chi connectivity index (χ0) is 9.61. The van der Waals surface area contributed by atoms with Crippen LogP contribution < -0.4 is 5.73 Å². The van der Waals surface area contributed by atoms with E-state index in [1.54, 1.807) is 0 Å². The quantitative estimate of drug-likeness (QED) is 0.668. The average molecular weight is 173 g/mol. The highest BCUT2D eigenvalue weighted by Crippen LogP contribution is 2.19. The van der Waals surface area contributed by atoms with Crippen LogP contribution >= 0.6 is 0 Å². The molecule has 0 heterocycles. The Kier molecular flexibility index (Phi) is 5.51. The third kappa shape index (κ3) is 4.07. The Morgan fingerprint density at radius 2 is 2.00 bits per heavy atom. The zero-order valence-electron chi connectivity index (χ0n) is 8.89. The molecule has 2 nitrogen and oxygen atoms in total. The first-order chi connectivity index (χ1) is 5.54. The molecule has 0 fully saturated rings. The van der Waals surface area contributed by atoms with E-state index in [9.17, 15) is 0 Å². The summed E-state index contributed by atoms with van der Waals surface area (Å²) in [5.41, 5.74) is 5.95. The predicted octanol–water partition coefficient (Wildman–Crippen LogP) is 2.18. The van der Waals surface area contributed by atoms with E-state index in [0.717, 1.165) is 6.61 Å². The molecule has 2 heteroatoms. The maximum absolute atomic E-state index is 6.11. The molecule has 0 aromatic carbocycles. The number of rotatable bonds is 6. The number of hydrogen-bond acceptors (Lipinski definition) is 2. The molecule has 0 bridgehead atoms. The highest BCUT2D eigenvalue weighted by molar-refractivity contribution is 4.83. The van der Waals surface area contributed by atoms with Crippen LogP contribution in [0.4, 0.5) is 0 Å². The molecule has 0 rings (SSSR count). The lowest BCUT2D eigenvalue weighted by molar-refractivity contribution is 0.0758. The van der Waals surface area contributed by atoms with E-state index >= 15 is 0 Å². The molecule has 2 N–H and O–H groups in total. The molecule has 2 unspecified atom stereocenters. The molecule has 0 saturated heterocycles. The van der Waals surface area contributed by atoms with Crippen molar-refractivity contribution < 1.29 is 4.74 Å². The van der Waals surface area contributed by atoms with Crippen LogP contribution in [0.15, 0.2) is 0 Å². The summed E-state index contributed by atoms with van der Waals surface area (Å²) in [4.78, 5) is 0. The number of ether oxygens (including phenoxy) is 1. The Morgan fingerprint density at radius 3 is 2.42 bits per heavy atom. The molecule has 0 aliphatic heterocycles. The molecule has 0 saturated carbocycles. The summed E-state index contributed by atoms with van der Waals surface area (Å²) in [5, 5.41) is 0. The fourth-order valence-corrected chi connectivity index (χ4v) is 1.23. The maximum Gasteiger partial charge on any atom is 0.0645 e. The summed E-state index contributed by atoms with van der Waals surface area (Å²) in [7, 11) is 0.